The van der Waals surface area contributed by atoms with Crippen molar-refractivity contribution in [1.29, 1.82) is 5.41 Å². The number of hydrogen-bond donors (Lipinski definition) is 2. The van der Waals surface area contributed by atoms with Crippen LogP contribution in [0.15, 0.2) is 5.10 Å². The molecule has 0 rings (SSSR count). The van der Waals surface area contributed by atoms with Gasteiger partial charge in [0.05, 0.1) is 6.34 Å². The summed E-state index contributed by atoms with van der Waals surface area (Å²) >= 11 is 0. The second-order valence-electron chi connectivity index (χ2n) is 1.48. The highest BCUT2D eigenvalue weighted by atomic mass is 35.5. The highest BCUT2D eigenvalue weighted by molar-refractivity contribution is 5.85. The standard InChI is InChI=1S/C4H10N4.ClH/c1-8(2)4-7-6-3-5;/h3-4H,1-2H3,(H2,5,6);1H. The summed E-state index contributed by atoms with van der Waals surface area (Å²) in [4.78, 5) is 1.77. The third kappa shape index (κ3) is 11.1. The molecule has 0 saturated carbocycles. The quantitative estimate of drug-likeness (QED) is 0.341. The molecule has 5 heteroatoms. The molecule has 0 unspecified atom stereocenters. The summed E-state index contributed by atoms with van der Waals surface area (Å²) in [5, 5.41) is 10.1. The zero-order chi connectivity index (χ0) is 6.41. The molecule has 0 heterocycles. The Hall–Kier alpha value is -0.770. The van der Waals surface area contributed by atoms with E-state index in [2.05, 4.69) is 10.5 Å². The maximum atomic E-state index is 6.48. The fraction of sp³-hybridized carbons (Fsp3) is 0.500. The molecule has 0 radical (unpaired) electrons. The number of rotatable bonds is 3. The number of halogens is 1. The van der Waals surface area contributed by atoms with Crippen molar-refractivity contribution in [1.82, 2.24) is 10.3 Å². The zero-order valence-electron chi connectivity index (χ0n) is 5.46. The lowest BCUT2D eigenvalue weighted by Crippen LogP contribution is -2.11. The average Bonchev–Trinajstić information content (AvgIpc) is 1.66. The second kappa shape index (κ2) is 7.23. The van der Waals surface area contributed by atoms with Crippen molar-refractivity contribution in [2.24, 2.45) is 5.10 Å². The third-order valence-electron chi connectivity index (χ3n) is 0.428. The Morgan fingerprint density at radius 2 is 2.11 bits per heavy atom. The molecule has 0 aliphatic rings. The highest BCUT2D eigenvalue weighted by Gasteiger charge is 1.71. The van der Waals surface area contributed by atoms with E-state index in [0.29, 0.717) is 0 Å². The van der Waals surface area contributed by atoms with Gasteiger partial charge in [-0.3, -0.25) is 10.8 Å². The van der Waals surface area contributed by atoms with Crippen LogP contribution < -0.4 is 5.43 Å². The van der Waals surface area contributed by atoms with Crippen molar-refractivity contribution in [3.05, 3.63) is 0 Å². The first-order valence-corrected chi connectivity index (χ1v) is 2.21. The average molecular weight is 151 g/mol. The van der Waals surface area contributed by atoms with Crippen molar-refractivity contribution in [2.75, 3.05) is 14.1 Å². The van der Waals surface area contributed by atoms with Crippen LogP contribution in [-0.2, 0) is 0 Å². The van der Waals surface area contributed by atoms with Crippen LogP contribution in [0.2, 0.25) is 0 Å². The van der Waals surface area contributed by atoms with Gasteiger partial charge in [-0.1, -0.05) is 0 Å². The second-order valence-corrected chi connectivity index (χ2v) is 1.48. The molecule has 2 N–H and O–H groups in total. The monoisotopic (exact) mass is 150 g/mol. The van der Waals surface area contributed by atoms with E-state index in [4.69, 9.17) is 5.41 Å². The van der Waals surface area contributed by atoms with Gasteiger partial charge in [0, 0.05) is 14.1 Å². The minimum absolute atomic E-state index is 0. The van der Waals surface area contributed by atoms with Gasteiger partial charge in [0.1, 0.15) is 6.34 Å². The van der Waals surface area contributed by atoms with Crippen molar-refractivity contribution in [2.45, 2.75) is 0 Å². The van der Waals surface area contributed by atoms with Gasteiger partial charge in [-0.15, -0.1) is 12.4 Å². The Labute approximate surface area is 60.8 Å². The summed E-state index contributed by atoms with van der Waals surface area (Å²) in [5.74, 6) is 0. The van der Waals surface area contributed by atoms with Gasteiger partial charge in [0.25, 0.3) is 0 Å². The maximum absolute atomic E-state index is 6.48. The van der Waals surface area contributed by atoms with E-state index in [-0.39, 0.29) is 12.4 Å². The SMILES string of the molecule is CN(C)C=NNC=N.Cl. The molecule has 0 aromatic carbocycles. The predicted molar refractivity (Wildman–Crippen MR) is 41.3 cm³/mol. The molecule has 0 spiro atoms. The fourth-order valence-electron chi connectivity index (χ4n) is 0.186. The Balaban J connectivity index is 0. The molecule has 0 aliphatic heterocycles. The van der Waals surface area contributed by atoms with Gasteiger partial charge in [-0.05, 0) is 0 Å². The van der Waals surface area contributed by atoms with Crippen LogP contribution in [0.4, 0.5) is 0 Å². The molecular formula is C4H11ClN4. The molecule has 9 heavy (non-hydrogen) atoms. The molecule has 0 amide bonds. The number of hydrogen-bond acceptors (Lipinski definition) is 2. The van der Waals surface area contributed by atoms with E-state index in [0.717, 1.165) is 6.34 Å². The minimum Gasteiger partial charge on any atom is -0.367 e. The molecule has 0 atom stereocenters. The van der Waals surface area contributed by atoms with Crippen molar-refractivity contribution in [3.8, 4) is 0 Å². The van der Waals surface area contributed by atoms with Gasteiger partial charge in [0.2, 0.25) is 0 Å². The fourth-order valence-corrected chi connectivity index (χ4v) is 0.186. The molecule has 4 nitrogen and oxygen atoms in total. The summed E-state index contributed by atoms with van der Waals surface area (Å²) < 4.78 is 0. The smallest absolute Gasteiger partial charge is 0.111 e. The van der Waals surface area contributed by atoms with Crippen LogP contribution in [0.25, 0.3) is 0 Å². The summed E-state index contributed by atoms with van der Waals surface area (Å²) in [6, 6.07) is 0. The first-order valence-electron chi connectivity index (χ1n) is 2.21. The summed E-state index contributed by atoms with van der Waals surface area (Å²) in [6.07, 6.45) is 2.59. The Bertz CT molecular complexity index is 90.6. The van der Waals surface area contributed by atoms with E-state index < -0.39 is 0 Å². The van der Waals surface area contributed by atoms with Crippen LogP contribution >= 0.6 is 12.4 Å². The lowest BCUT2D eigenvalue weighted by atomic mass is 11.0. The first-order chi connectivity index (χ1) is 3.77. The van der Waals surface area contributed by atoms with E-state index in [1.54, 1.807) is 11.2 Å². The largest absolute Gasteiger partial charge is 0.367 e. The third-order valence-corrected chi connectivity index (χ3v) is 0.428. The van der Waals surface area contributed by atoms with Crippen LogP contribution in [0.5, 0.6) is 0 Å². The van der Waals surface area contributed by atoms with E-state index in [1.807, 2.05) is 14.1 Å². The van der Waals surface area contributed by atoms with Crippen molar-refractivity contribution < 1.29 is 0 Å². The van der Waals surface area contributed by atoms with Crippen LogP contribution in [-0.4, -0.2) is 31.7 Å². The Morgan fingerprint density at radius 3 is 2.44 bits per heavy atom. The number of nitrogens with one attached hydrogen (secondary N) is 2. The lowest BCUT2D eigenvalue weighted by Gasteiger charge is -1.99. The van der Waals surface area contributed by atoms with Gasteiger partial charge >= 0.3 is 0 Å². The maximum Gasteiger partial charge on any atom is 0.111 e. The highest BCUT2D eigenvalue weighted by Crippen LogP contribution is 1.60. The lowest BCUT2D eigenvalue weighted by molar-refractivity contribution is 0.637. The summed E-state index contributed by atoms with van der Waals surface area (Å²) in [6.45, 7) is 0. The minimum atomic E-state index is 0. The van der Waals surface area contributed by atoms with Crippen LogP contribution in [0, 0.1) is 5.41 Å². The van der Waals surface area contributed by atoms with E-state index >= 15 is 0 Å². The van der Waals surface area contributed by atoms with Crippen LogP contribution in [0.3, 0.4) is 0 Å². The predicted octanol–water partition coefficient (Wildman–Crippen LogP) is 0.110. The molecular weight excluding hydrogens is 140 g/mol. The Kier molecular flexibility index (Phi) is 8.90. The molecule has 0 aliphatic carbocycles. The summed E-state index contributed by atoms with van der Waals surface area (Å²) in [5.41, 5.74) is 2.35. The molecule has 54 valence electrons. The summed E-state index contributed by atoms with van der Waals surface area (Å²) in [7, 11) is 3.71. The van der Waals surface area contributed by atoms with Crippen molar-refractivity contribution >= 4 is 25.1 Å². The molecule has 0 fully saturated rings. The molecule has 0 bridgehead atoms. The topological polar surface area (TPSA) is 51.5 Å². The molecule has 0 saturated heterocycles. The van der Waals surface area contributed by atoms with Gasteiger partial charge in [-0.25, -0.2) is 0 Å². The van der Waals surface area contributed by atoms with Crippen LogP contribution in [0.1, 0.15) is 0 Å². The Morgan fingerprint density at radius 1 is 1.56 bits per heavy atom. The van der Waals surface area contributed by atoms with Gasteiger partial charge in [-0.2, -0.15) is 5.10 Å². The van der Waals surface area contributed by atoms with Crippen molar-refractivity contribution in [3.63, 3.8) is 0 Å². The number of nitrogens with zero attached hydrogens (tertiary/aromatic N) is 2. The molecule has 0 aromatic rings. The normalized spacial score (nSPS) is 8.22. The van der Waals surface area contributed by atoms with E-state index in [9.17, 15) is 0 Å². The number of hydrazone groups is 1. The molecule has 0 aromatic heterocycles. The zero-order valence-corrected chi connectivity index (χ0v) is 6.27. The van der Waals surface area contributed by atoms with Gasteiger partial charge < -0.3 is 4.90 Å². The first kappa shape index (κ1) is 11.1. The van der Waals surface area contributed by atoms with E-state index in [1.165, 1.54) is 0 Å². The van der Waals surface area contributed by atoms with Gasteiger partial charge in [0.15, 0.2) is 0 Å².